The molecule has 0 saturated heterocycles. The van der Waals surface area contributed by atoms with E-state index in [0.717, 1.165) is 21.3 Å². The van der Waals surface area contributed by atoms with Crippen LogP contribution in [0.5, 0.6) is 0 Å². The van der Waals surface area contributed by atoms with E-state index in [1.54, 1.807) is 0 Å². The van der Waals surface area contributed by atoms with Crippen LogP contribution in [0.15, 0.2) is 22.8 Å². The Labute approximate surface area is 86.5 Å². The lowest BCUT2D eigenvalue weighted by molar-refractivity contribution is 1.23. The van der Waals surface area contributed by atoms with Gasteiger partial charge in [-0.15, -0.1) is 0 Å². The summed E-state index contributed by atoms with van der Waals surface area (Å²) in [4.78, 5) is 7.42. The average molecular weight is 241 g/mol. The number of pyridine rings is 1. The molecule has 0 aliphatic rings. The molecule has 0 unspecified atom stereocenters. The first-order chi connectivity index (χ1) is 6.25. The first-order valence-corrected chi connectivity index (χ1v) is 5.17. The lowest BCUT2D eigenvalue weighted by Gasteiger charge is -1.88. The highest BCUT2D eigenvalue weighted by atomic mass is 79.9. The van der Waals surface area contributed by atoms with Crippen molar-refractivity contribution in [3.8, 4) is 0 Å². The van der Waals surface area contributed by atoms with Gasteiger partial charge in [-0.1, -0.05) is 13.8 Å². The van der Waals surface area contributed by atoms with Crippen molar-refractivity contribution in [2.75, 3.05) is 0 Å². The Bertz CT molecular complexity index is 393. The van der Waals surface area contributed by atoms with Gasteiger partial charge in [0.2, 0.25) is 0 Å². The fraction of sp³-hybridized carbons (Fsp3) is 0.300. The number of hydrogen-bond acceptors (Lipinski definition) is 1. The van der Waals surface area contributed by atoms with E-state index in [1.807, 2.05) is 32.9 Å². The summed E-state index contributed by atoms with van der Waals surface area (Å²) >= 11 is 3.31. The van der Waals surface area contributed by atoms with Gasteiger partial charge in [0.25, 0.3) is 0 Å². The van der Waals surface area contributed by atoms with Crippen LogP contribution in [0.4, 0.5) is 0 Å². The van der Waals surface area contributed by atoms with Crippen LogP contribution in [0.25, 0.3) is 11.0 Å². The number of aromatic nitrogens is 2. The topological polar surface area (TPSA) is 28.7 Å². The van der Waals surface area contributed by atoms with E-state index in [2.05, 4.69) is 32.0 Å². The number of nitrogens with one attached hydrogen (secondary N) is 1. The van der Waals surface area contributed by atoms with E-state index in [1.165, 1.54) is 0 Å². The van der Waals surface area contributed by atoms with Gasteiger partial charge in [0.05, 0.1) is 0 Å². The van der Waals surface area contributed by atoms with Crippen LogP contribution in [0.2, 0.25) is 0 Å². The number of hydrogen-bond donors (Lipinski definition) is 1. The Kier molecular flexibility index (Phi) is 3.48. The maximum atomic E-state index is 4.26. The van der Waals surface area contributed by atoms with Crippen LogP contribution in [0.3, 0.4) is 0 Å². The van der Waals surface area contributed by atoms with Crippen molar-refractivity contribution in [1.82, 2.24) is 9.97 Å². The number of fused-ring (bicyclic) bond motifs is 1. The van der Waals surface area contributed by atoms with Crippen molar-refractivity contribution in [3.05, 3.63) is 28.5 Å². The second kappa shape index (κ2) is 4.42. The van der Waals surface area contributed by atoms with Crippen molar-refractivity contribution in [2.45, 2.75) is 20.8 Å². The monoisotopic (exact) mass is 240 g/mol. The first-order valence-electron chi connectivity index (χ1n) is 4.37. The van der Waals surface area contributed by atoms with Crippen molar-refractivity contribution in [3.63, 3.8) is 0 Å². The third-order valence-electron chi connectivity index (χ3n) is 1.58. The Morgan fingerprint density at radius 1 is 1.31 bits per heavy atom. The second-order valence-corrected chi connectivity index (χ2v) is 3.34. The molecule has 0 aliphatic heterocycles. The molecule has 0 aliphatic carbocycles. The Hall–Kier alpha value is -0.830. The number of aromatic amines is 1. The van der Waals surface area contributed by atoms with Gasteiger partial charge >= 0.3 is 0 Å². The third-order valence-corrected chi connectivity index (χ3v) is 2.02. The molecule has 0 bridgehead atoms. The van der Waals surface area contributed by atoms with Gasteiger partial charge in [-0.3, -0.25) is 0 Å². The van der Waals surface area contributed by atoms with E-state index >= 15 is 0 Å². The summed E-state index contributed by atoms with van der Waals surface area (Å²) in [5.74, 6) is 0. The van der Waals surface area contributed by atoms with Crippen LogP contribution in [0, 0.1) is 6.92 Å². The number of nitrogens with zero attached hydrogens (tertiary/aromatic N) is 1. The Morgan fingerprint density at radius 3 is 2.69 bits per heavy atom. The smallest absolute Gasteiger partial charge is 0.138 e. The maximum absolute atomic E-state index is 4.26. The van der Waals surface area contributed by atoms with E-state index in [4.69, 9.17) is 0 Å². The highest BCUT2D eigenvalue weighted by Gasteiger charge is 1.97. The van der Waals surface area contributed by atoms with Crippen molar-refractivity contribution >= 4 is 27.0 Å². The quantitative estimate of drug-likeness (QED) is 0.700. The Balaban J connectivity index is 0.000000396. The number of aryl methyl sites for hydroxylation is 1. The fourth-order valence-corrected chi connectivity index (χ4v) is 1.43. The molecule has 0 amide bonds. The van der Waals surface area contributed by atoms with Crippen LogP contribution in [-0.4, -0.2) is 9.97 Å². The molecule has 0 atom stereocenters. The van der Waals surface area contributed by atoms with Crippen molar-refractivity contribution in [2.24, 2.45) is 0 Å². The minimum atomic E-state index is 0.867. The van der Waals surface area contributed by atoms with Gasteiger partial charge in [-0.25, -0.2) is 4.98 Å². The van der Waals surface area contributed by atoms with Crippen LogP contribution < -0.4 is 0 Å². The molecule has 2 nitrogen and oxygen atoms in total. The molecule has 0 spiro atoms. The number of rotatable bonds is 0. The molecule has 2 rings (SSSR count). The fourth-order valence-electron chi connectivity index (χ4n) is 1.12. The highest BCUT2D eigenvalue weighted by molar-refractivity contribution is 9.10. The van der Waals surface area contributed by atoms with Gasteiger partial charge in [0, 0.05) is 11.1 Å². The molecule has 0 fully saturated rings. The molecule has 70 valence electrons. The Morgan fingerprint density at radius 2 is 2.00 bits per heavy atom. The summed E-state index contributed by atoms with van der Waals surface area (Å²) in [5.41, 5.74) is 2.09. The molecule has 1 N–H and O–H groups in total. The van der Waals surface area contributed by atoms with Crippen LogP contribution >= 0.6 is 15.9 Å². The third kappa shape index (κ3) is 2.31. The number of halogens is 1. The zero-order valence-electron chi connectivity index (χ0n) is 8.06. The summed E-state index contributed by atoms with van der Waals surface area (Å²) in [5, 5.41) is 1.16. The first kappa shape index (κ1) is 10.3. The summed E-state index contributed by atoms with van der Waals surface area (Å²) in [7, 11) is 0. The second-order valence-electron chi connectivity index (χ2n) is 2.52. The zero-order valence-corrected chi connectivity index (χ0v) is 9.64. The molecule has 2 heterocycles. The van der Waals surface area contributed by atoms with Gasteiger partial charge in [-0.2, -0.15) is 0 Å². The van der Waals surface area contributed by atoms with Gasteiger partial charge in [0.1, 0.15) is 10.3 Å². The molecule has 0 saturated carbocycles. The normalized spacial score (nSPS) is 9.54. The molecular weight excluding hydrogens is 228 g/mol. The SMILES string of the molecule is CC.Cc1cc2ccc(Br)nc2[nH]1. The summed E-state index contributed by atoms with van der Waals surface area (Å²) in [6, 6.07) is 6.06. The molecule has 13 heavy (non-hydrogen) atoms. The van der Waals surface area contributed by atoms with Gasteiger partial charge < -0.3 is 4.98 Å². The molecule has 0 radical (unpaired) electrons. The van der Waals surface area contributed by atoms with E-state index in [9.17, 15) is 0 Å². The predicted molar refractivity (Wildman–Crippen MR) is 59.9 cm³/mol. The molecule has 0 aromatic carbocycles. The minimum absolute atomic E-state index is 0.867. The minimum Gasteiger partial charge on any atom is -0.344 e. The van der Waals surface area contributed by atoms with E-state index in [0.29, 0.717) is 0 Å². The molecular formula is C10H13BrN2. The summed E-state index contributed by atoms with van der Waals surface area (Å²) < 4.78 is 0.867. The standard InChI is InChI=1S/C8H7BrN2.C2H6/c1-5-4-6-2-3-7(9)11-8(6)10-5;1-2/h2-4H,1H3,(H,10,11);1-2H3. The lowest BCUT2D eigenvalue weighted by Crippen LogP contribution is -1.76. The van der Waals surface area contributed by atoms with Gasteiger partial charge in [0.15, 0.2) is 0 Å². The summed E-state index contributed by atoms with van der Waals surface area (Å²) in [6.45, 7) is 6.02. The lowest BCUT2D eigenvalue weighted by atomic mass is 10.3. The van der Waals surface area contributed by atoms with Crippen LogP contribution in [-0.2, 0) is 0 Å². The maximum Gasteiger partial charge on any atom is 0.138 e. The zero-order chi connectivity index (χ0) is 9.84. The summed E-state index contributed by atoms with van der Waals surface area (Å²) in [6.07, 6.45) is 0. The van der Waals surface area contributed by atoms with Crippen molar-refractivity contribution in [1.29, 1.82) is 0 Å². The molecule has 3 heteroatoms. The van der Waals surface area contributed by atoms with Crippen molar-refractivity contribution < 1.29 is 0 Å². The predicted octanol–water partition coefficient (Wildman–Crippen LogP) is 3.66. The molecule has 2 aromatic rings. The molecule has 2 aromatic heterocycles. The number of H-pyrrole nitrogens is 1. The van der Waals surface area contributed by atoms with E-state index in [-0.39, 0.29) is 0 Å². The average Bonchev–Trinajstić information content (AvgIpc) is 2.48. The van der Waals surface area contributed by atoms with Crippen LogP contribution in [0.1, 0.15) is 19.5 Å². The largest absolute Gasteiger partial charge is 0.344 e. The van der Waals surface area contributed by atoms with E-state index < -0.39 is 0 Å². The highest BCUT2D eigenvalue weighted by Crippen LogP contribution is 2.15. The van der Waals surface area contributed by atoms with Gasteiger partial charge in [-0.05, 0) is 41.1 Å².